The molecule has 0 spiro atoms. The van der Waals surface area contributed by atoms with Gasteiger partial charge in [-0.2, -0.15) is 0 Å². The standard InChI is InChI=1S/C13H20N2S/c1-9-5-7-13(14,8-6-9)12-15-10-3-2-4-11(10)16-12/h9H,2-8,14H2,1H3. The van der Waals surface area contributed by atoms with E-state index in [4.69, 9.17) is 10.7 Å². The van der Waals surface area contributed by atoms with Gasteiger partial charge < -0.3 is 5.73 Å². The lowest BCUT2D eigenvalue weighted by molar-refractivity contribution is 0.247. The van der Waals surface area contributed by atoms with Gasteiger partial charge in [-0.1, -0.05) is 6.92 Å². The van der Waals surface area contributed by atoms with Crippen molar-refractivity contribution in [2.75, 3.05) is 0 Å². The maximum atomic E-state index is 6.55. The fourth-order valence-electron chi connectivity index (χ4n) is 2.89. The van der Waals surface area contributed by atoms with Gasteiger partial charge in [-0.15, -0.1) is 11.3 Å². The van der Waals surface area contributed by atoms with Crippen molar-refractivity contribution in [3.63, 3.8) is 0 Å². The fraction of sp³-hybridized carbons (Fsp3) is 0.769. The largest absolute Gasteiger partial charge is 0.319 e. The Morgan fingerprint density at radius 3 is 2.75 bits per heavy atom. The van der Waals surface area contributed by atoms with Crippen LogP contribution in [0.25, 0.3) is 0 Å². The van der Waals surface area contributed by atoms with Crippen LogP contribution in [0.3, 0.4) is 0 Å². The van der Waals surface area contributed by atoms with Crippen LogP contribution in [0.15, 0.2) is 0 Å². The molecule has 88 valence electrons. The summed E-state index contributed by atoms with van der Waals surface area (Å²) >= 11 is 1.89. The molecule has 3 rings (SSSR count). The second-order valence-corrected chi connectivity index (χ2v) is 6.66. The van der Waals surface area contributed by atoms with E-state index in [1.807, 2.05) is 11.3 Å². The Hall–Kier alpha value is -0.410. The molecule has 0 bridgehead atoms. The summed E-state index contributed by atoms with van der Waals surface area (Å²) in [7, 11) is 0. The molecule has 1 aromatic rings. The molecule has 0 aliphatic heterocycles. The highest BCUT2D eigenvalue weighted by atomic mass is 32.1. The quantitative estimate of drug-likeness (QED) is 0.814. The average molecular weight is 236 g/mol. The minimum Gasteiger partial charge on any atom is -0.319 e. The third-order valence-electron chi connectivity index (χ3n) is 4.19. The van der Waals surface area contributed by atoms with Crippen molar-refractivity contribution >= 4 is 11.3 Å². The normalized spacial score (nSPS) is 34.0. The summed E-state index contributed by atoms with van der Waals surface area (Å²) < 4.78 is 0. The van der Waals surface area contributed by atoms with Crippen molar-refractivity contribution in [3.8, 4) is 0 Å². The molecule has 3 heteroatoms. The SMILES string of the molecule is CC1CCC(N)(c2nc3c(s2)CCC3)CC1. The molecule has 16 heavy (non-hydrogen) atoms. The highest BCUT2D eigenvalue weighted by molar-refractivity contribution is 7.12. The molecule has 0 unspecified atom stereocenters. The van der Waals surface area contributed by atoms with Crippen LogP contribution in [0.5, 0.6) is 0 Å². The topological polar surface area (TPSA) is 38.9 Å². The second-order valence-electron chi connectivity index (χ2n) is 5.58. The fourth-order valence-corrected chi connectivity index (χ4v) is 4.20. The molecule has 2 N–H and O–H groups in total. The van der Waals surface area contributed by atoms with Gasteiger partial charge in [0.2, 0.25) is 0 Å². The average Bonchev–Trinajstić information content (AvgIpc) is 2.82. The molecule has 0 aromatic carbocycles. The Balaban J connectivity index is 1.85. The number of aryl methyl sites for hydroxylation is 2. The van der Waals surface area contributed by atoms with Crippen molar-refractivity contribution < 1.29 is 0 Å². The van der Waals surface area contributed by atoms with Crippen LogP contribution in [0.4, 0.5) is 0 Å². The smallest absolute Gasteiger partial charge is 0.113 e. The van der Waals surface area contributed by atoms with Crippen LogP contribution in [-0.2, 0) is 18.4 Å². The molecule has 0 atom stereocenters. The van der Waals surface area contributed by atoms with E-state index in [-0.39, 0.29) is 5.54 Å². The third-order valence-corrected chi connectivity index (χ3v) is 5.57. The van der Waals surface area contributed by atoms with E-state index in [1.165, 1.54) is 47.7 Å². The molecule has 2 aliphatic rings. The van der Waals surface area contributed by atoms with Crippen molar-refractivity contribution in [2.45, 2.75) is 57.4 Å². The van der Waals surface area contributed by atoms with Gasteiger partial charge >= 0.3 is 0 Å². The van der Waals surface area contributed by atoms with Crippen molar-refractivity contribution in [1.82, 2.24) is 4.98 Å². The van der Waals surface area contributed by atoms with E-state index in [9.17, 15) is 0 Å². The van der Waals surface area contributed by atoms with Crippen molar-refractivity contribution in [2.24, 2.45) is 11.7 Å². The number of hydrogen-bond donors (Lipinski definition) is 1. The van der Waals surface area contributed by atoms with E-state index in [0.29, 0.717) is 0 Å². The van der Waals surface area contributed by atoms with Crippen molar-refractivity contribution in [1.29, 1.82) is 0 Å². The number of fused-ring (bicyclic) bond motifs is 1. The van der Waals surface area contributed by atoms with E-state index >= 15 is 0 Å². The van der Waals surface area contributed by atoms with Crippen LogP contribution in [0.1, 0.15) is 54.6 Å². The van der Waals surface area contributed by atoms with E-state index in [2.05, 4.69) is 6.92 Å². The maximum absolute atomic E-state index is 6.55. The molecular weight excluding hydrogens is 216 g/mol. The lowest BCUT2D eigenvalue weighted by Crippen LogP contribution is -2.40. The Labute approximate surface area is 101 Å². The summed E-state index contributed by atoms with van der Waals surface area (Å²) in [4.78, 5) is 6.32. The number of nitrogens with zero attached hydrogens (tertiary/aromatic N) is 1. The summed E-state index contributed by atoms with van der Waals surface area (Å²) in [6, 6.07) is 0. The number of hydrogen-bond acceptors (Lipinski definition) is 3. The predicted octanol–water partition coefficient (Wildman–Crippen LogP) is 3.00. The molecule has 1 fully saturated rings. The second kappa shape index (κ2) is 3.81. The zero-order valence-electron chi connectivity index (χ0n) is 9.96. The Morgan fingerprint density at radius 2 is 2.06 bits per heavy atom. The van der Waals surface area contributed by atoms with E-state index < -0.39 is 0 Å². The molecule has 0 radical (unpaired) electrons. The van der Waals surface area contributed by atoms with Gasteiger partial charge in [-0.3, -0.25) is 0 Å². The summed E-state index contributed by atoms with van der Waals surface area (Å²) in [5.74, 6) is 0.850. The molecule has 2 nitrogen and oxygen atoms in total. The minimum absolute atomic E-state index is 0.0957. The van der Waals surface area contributed by atoms with Gasteiger partial charge in [0.15, 0.2) is 0 Å². The van der Waals surface area contributed by atoms with E-state index in [0.717, 1.165) is 18.8 Å². The third kappa shape index (κ3) is 1.70. The summed E-state index contributed by atoms with van der Waals surface area (Å²) in [6.45, 7) is 2.33. The van der Waals surface area contributed by atoms with Gasteiger partial charge in [0, 0.05) is 4.88 Å². The zero-order chi connectivity index (χ0) is 11.2. The van der Waals surface area contributed by atoms with Crippen LogP contribution in [-0.4, -0.2) is 4.98 Å². The molecule has 1 aromatic heterocycles. The lowest BCUT2D eigenvalue weighted by Gasteiger charge is -2.34. The Kier molecular flexibility index (Phi) is 2.55. The number of thiazole rings is 1. The molecule has 0 saturated heterocycles. The number of aromatic nitrogens is 1. The van der Waals surface area contributed by atoms with Gasteiger partial charge in [0.1, 0.15) is 5.01 Å². The summed E-state index contributed by atoms with van der Waals surface area (Å²) in [5, 5.41) is 1.23. The summed E-state index contributed by atoms with van der Waals surface area (Å²) in [6.07, 6.45) is 8.49. The van der Waals surface area contributed by atoms with Gasteiger partial charge in [-0.25, -0.2) is 4.98 Å². The predicted molar refractivity (Wildman–Crippen MR) is 67.6 cm³/mol. The number of rotatable bonds is 1. The molecule has 1 heterocycles. The first-order chi connectivity index (χ1) is 7.67. The van der Waals surface area contributed by atoms with Crippen molar-refractivity contribution in [3.05, 3.63) is 15.6 Å². The molecular formula is C13H20N2S. The minimum atomic E-state index is -0.0957. The van der Waals surface area contributed by atoms with Gasteiger partial charge in [0.05, 0.1) is 11.2 Å². The van der Waals surface area contributed by atoms with Crippen LogP contribution < -0.4 is 5.73 Å². The van der Waals surface area contributed by atoms with Gasteiger partial charge in [0.25, 0.3) is 0 Å². The first-order valence-corrected chi connectivity index (χ1v) is 7.27. The Bertz CT molecular complexity index is 367. The number of nitrogens with two attached hydrogens (primary N) is 1. The highest BCUT2D eigenvalue weighted by Gasteiger charge is 2.35. The highest BCUT2D eigenvalue weighted by Crippen LogP contribution is 2.41. The molecule has 2 aliphatic carbocycles. The first kappa shape index (κ1) is 10.7. The van der Waals surface area contributed by atoms with Crippen LogP contribution >= 0.6 is 11.3 Å². The van der Waals surface area contributed by atoms with Gasteiger partial charge in [-0.05, 0) is 50.9 Å². The first-order valence-electron chi connectivity index (χ1n) is 6.45. The summed E-state index contributed by atoms with van der Waals surface area (Å²) in [5.41, 5.74) is 7.81. The monoisotopic (exact) mass is 236 g/mol. The molecule has 1 saturated carbocycles. The Morgan fingerprint density at radius 1 is 1.31 bits per heavy atom. The van der Waals surface area contributed by atoms with E-state index in [1.54, 1.807) is 0 Å². The maximum Gasteiger partial charge on any atom is 0.113 e. The van der Waals surface area contributed by atoms with Crippen LogP contribution in [0.2, 0.25) is 0 Å². The molecule has 0 amide bonds. The lowest BCUT2D eigenvalue weighted by atomic mass is 9.78. The zero-order valence-corrected chi connectivity index (χ0v) is 10.8. The van der Waals surface area contributed by atoms with Crippen LogP contribution in [0, 0.1) is 5.92 Å².